The fraction of sp³-hybridized carbons (Fsp3) is 1.00. The molecule has 0 aromatic rings. The Morgan fingerprint density at radius 2 is 1.14 bits per heavy atom. The largest absolute Gasteiger partial charge is 1.00 e. The molecule has 2 aliphatic carbocycles. The van der Waals surface area contributed by atoms with E-state index in [1.165, 1.54) is 51.4 Å². The summed E-state index contributed by atoms with van der Waals surface area (Å²) >= 11 is 0. The van der Waals surface area contributed by atoms with E-state index in [9.17, 15) is 0 Å². The number of rotatable bonds is 2. The van der Waals surface area contributed by atoms with Gasteiger partial charge in [-0.25, -0.2) is 0 Å². The maximum absolute atomic E-state index is 2.52. The molecule has 0 unspecified atom stereocenters. The van der Waals surface area contributed by atoms with Crippen molar-refractivity contribution in [2.75, 3.05) is 0 Å². The zero-order valence-corrected chi connectivity index (χ0v) is 13.1. The maximum atomic E-state index is 2.52. The molecule has 2 heteroatoms. The SMILES string of the molecule is CC(C1CCCC1)C1CCCC1.[Al].[H-].[Na+]. The molecule has 2 saturated carbocycles. The van der Waals surface area contributed by atoms with Crippen LogP contribution in [0, 0.1) is 17.8 Å². The Hall–Kier alpha value is 1.53. The fourth-order valence-electron chi connectivity index (χ4n) is 3.35. The first kappa shape index (κ1) is 15.5. The zero-order valence-electron chi connectivity index (χ0n) is 11.0. The molecule has 0 heterocycles. The van der Waals surface area contributed by atoms with Gasteiger partial charge in [-0.15, -0.1) is 0 Å². The van der Waals surface area contributed by atoms with Gasteiger partial charge in [-0.2, -0.15) is 0 Å². The Balaban J connectivity index is 0. The van der Waals surface area contributed by atoms with E-state index < -0.39 is 0 Å². The quantitative estimate of drug-likeness (QED) is 0.598. The molecule has 75 valence electrons. The number of hydrogen-bond acceptors (Lipinski definition) is 0. The third-order valence-corrected chi connectivity index (χ3v) is 4.29. The summed E-state index contributed by atoms with van der Waals surface area (Å²) < 4.78 is 0. The second-order valence-corrected chi connectivity index (χ2v) is 4.95. The molecule has 2 fully saturated rings. The summed E-state index contributed by atoms with van der Waals surface area (Å²) in [5, 5.41) is 0. The molecule has 3 radical (unpaired) electrons. The van der Waals surface area contributed by atoms with Gasteiger partial charge in [0.2, 0.25) is 0 Å². The first-order valence-electron chi connectivity index (χ1n) is 5.88. The molecule has 0 atom stereocenters. The first-order valence-corrected chi connectivity index (χ1v) is 5.88. The Morgan fingerprint density at radius 1 is 0.857 bits per heavy atom. The standard InChI is InChI=1S/C12H22.Al.Na.H/c1-10(11-6-2-3-7-11)12-8-4-5-9-12;;;/h10-12H,2-9H2,1H3;;;/q;;+1;-1. The van der Waals surface area contributed by atoms with Crippen molar-refractivity contribution in [1.29, 1.82) is 0 Å². The molecule has 2 rings (SSSR count). The predicted octanol–water partition coefficient (Wildman–Crippen LogP) is 0.739. The minimum Gasteiger partial charge on any atom is -1.00 e. The summed E-state index contributed by atoms with van der Waals surface area (Å²) in [5.74, 6) is 3.26. The molecule has 0 aliphatic heterocycles. The van der Waals surface area contributed by atoms with Crippen LogP contribution in [0.4, 0.5) is 0 Å². The molecule has 2 aliphatic rings. The summed E-state index contributed by atoms with van der Waals surface area (Å²) in [6.45, 7) is 2.52. The van der Waals surface area contributed by atoms with Crippen LogP contribution in [0.5, 0.6) is 0 Å². The maximum Gasteiger partial charge on any atom is 1.00 e. The van der Waals surface area contributed by atoms with Crippen LogP contribution in [0.1, 0.15) is 59.7 Å². The smallest absolute Gasteiger partial charge is 1.00 e. The van der Waals surface area contributed by atoms with E-state index in [-0.39, 0.29) is 48.3 Å². The summed E-state index contributed by atoms with van der Waals surface area (Å²) in [5.41, 5.74) is 0. The predicted molar refractivity (Wildman–Crippen MR) is 59.9 cm³/mol. The van der Waals surface area contributed by atoms with Crippen molar-refractivity contribution in [3.63, 3.8) is 0 Å². The molecule has 14 heavy (non-hydrogen) atoms. The van der Waals surface area contributed by atoms with E-state index >= 15 is 0 Å². The van der Waals surface area contributed by atoms with E-state index in [4.69, 9.17) is 0 Å². The molecule has 0 aromatic carbocycles. The topological polar surface area (TPSA) is 0 Å². The van der Waals surface area contributed by atoms with Gasteiger partial charge in [0.25, 0.3) is 0 Å². The van der Waals surface area contributed by atoms with Gasteiger partial charge in [0.15, 0.2) is 0 Å². The second-order valence-electron chi connectivity index (χ2n) is 4.95. The number of hydrogen-bond donors (Lipinski definition) is 0. The second kappa shape index (κ2) is 7.75. The van der Waals surface area contributed by atoms with Gasteiger partial charge >= 0.3 is 29.6 Å². The van der Waals surface area contributed by atoms with Gasteiger partial charge in [0, 0.05) is 17.4 Å². The third kappa shape index (κ3) is 3.84. The van der Waals surface area contributed by atoms with Gasteiger partial charge in [-0.3, -0.25) is 0 Å². The molecule has 0 saturated heterocycles. The molecular formula is C12H23AlNa. The van der Waals surface area contributed by atoms with Crippen molar-refractivity contribution in [1.82, 2.24) is 0 Å². The van der Waals surface area contributed by atoms with Crippen LogP contribution in [0.25, 0.3) is 0 Å². The minimum absolute atomic E-state index is 0. The van der Waals surface area contributed by atoms with Crippen LogP contribution in [-0.2, 0) is 0 Å². The summed E-state index contributed by atoms with van der Waals surface area (Å²) in [6.07, 6.45) is 12.2. The van der Waals surface area contributed by atoms with Crippen molar-refractivity contribution < 1.29 is 31.0 Å². The van der Waals surface area contributed by atoms with E-state index in [1.54, 1.807) is 0 Å². The molecular weight excluding hydrogens is 194 g/mol. The van der Waals surface area contributed by atoms with Crippen LogP contribution in [0.15, 0.2) is 0 Å². The molecule has 0 aromatic heterocycles. The zero-order chi connectivity index (χ0) is 8.39. The minimum atomic E-state index is 0. The molecule has 0 N–H and O–H groups in total. The van der Waals surface area contributed by atoms with Crippen LogP contribution in [0.2, 0.25) is 0 Å². The van der Waals surface area contributed by atoms with Gasteiger partial charge in [-0.05, 0) is 17.8 Å². The Labute approximate surface area is 124 Å². The van der Waals surface area contributed by atoms with Crippen LogP contribution >= 0.6 is 0 Å². The summed E-state index contributed by atoms with van der Waals surface area (Å²) in [7, 11) is 0. The molecule has 0 amide bonds. The van der Waals surface area contributed by atoms with Crippen LogP contribution in [0.3, 0.4) is 0 Å². The average molecular weight is 217 g/mol. The van der Waals surface area contributed by atoms with E-state index in [2.05, 4.69) is 6.92 Å². The van der Waals surface area contributed by atoms with E-state index in [0.29, 0.717) is 0 Å². The van der Waals surface area contributed by atoms with Crippen LogP contribution < -0.4 is 29.6 Å². The molecule has 0 spiro atoms. The summed E-state index contributed by atoms with van der Waals surface area (Å²) in [4.78, 5) is 0. The molecule has 0 bridgehead atoms. The summed E-state index contributed by atoms with van der Waals surface area (Å²) in [6, 6.07) is 0. The fourth-order valence-corrected chi connectivity index (χ4v) is 3.35. The van der Waals surface area contributed by atoms with E-state index in [0.717, 1.165) is 17.8 Å². The van der Waals surface area contributed by atoms with E-state index in [1.807, 2.05) is 0 Å². The van der Waals surface area contributed by atoms with Crippen LogP contribution in [-0.4, -0.2) is 17.4 Å². The van der Waals surface area contributed by atoms with Gasteiger partial charge in [-0.1, -0.05) is 58.3 Å². The van der Waals surface area contributed by atoms with Gasteiger partial charge < -0.3 is 1.43 Å². The first-order chi connectivity index (χ1) is 5.88. The Kier molecular flexibility index (Phi) is 8.60. The Morgan fingerprint density at radius 3 is 1.43 bits per heavy atom. The van der Waals surface area contributed by atoms with Gasteiger partial charge in [0.1, 0.15) is 0 Å². The monoisotopic (exact) mass is 217 g/mol. The van der Waals surface area contributed by atoms with Crippen molar-refractivity contribution >= 4 is 17.4 Å². The van der Waals surface area contributed by atoms with Crippen molar-refractivity contribution in [2.24, 2.45) is 17.8 Å². The van der Waals surface area contributed by atoms with Crippen molar-refractivity contribution in [3.05, 3.63) is 0 Å². The van der Waals surface area contributed by atoms with Crippen molar-refractivity contribution in [2.45, 2.75) is 58.3 Å². The Bertz CT molecular complexity index is 127. The van der Waals surface area contributed by atoms with Gasteiger partial charge in [0.05, 0.1) is 0 Å². The third-order valence-electron chi connectivity index (χ3n) is 4.29. The normalized spacial score (nSPS) is 23.6. The average Bonchev–Trinajstić information content (AvgIpc) is 2.77. The molecule has 0 nitrogen and oxygen atoms in total. The van der Waals surface area contributed by atoms with Crippen molar-refractivity contribution in [3.8, 4) is 0 Å².